The molecule has 0 aromatic heterocycles. The highest BCUT2D eigenvalue weighted by molar-refractivity contribution is 6.21. The summed E-state index contributed by atoms with van der Waals surface area (Å²) >= 11 is 0. The maximum absolute atomic E-state index is 12.5. The van der Waals surface area contributed by atoms with Gasteiger partial charge in [-0.05, 0) is 53.6 Å². The van der Waals surface area contributed by atoms with Crippen molar-refractivity contribution in [3.05, 3.63) is 106 Å². The average Bonchev–Trinajstić information content (AvgIpc) is 3.20. The largest absolute Gasteiger partial charge is 0.352 e. The lowest BCUT2D eigenvalue weighted by Gasteiger charge is -2.02. The van der Waals surface area contributed by atoms with Gasteiger partial charge in [-0.15, -0.1) is 0 Å². The number of para-hydroxylation sites is 2. The first kappa shape index (κ1) is 16.3. The van der Waals surface area contributed by atoms with Gasteiger partial charge in [0.15, 0.2) is 0 Å². The van der Waals surface area contributed by atoms with Crippen LogP contribution >= 0.6 is 0 Å². The summed E-state index contributed by atoms with van der Waals surface area (Å²) in [7, 11) is 0. The Morgan fingerprint density at radius 1 is 0.571 bits per heavy atom. The molecule has 2 aliphatic rings. The van der Waals surface area contributed by atoms with Crippen LogP contribution in [0.15, 0.2) is 84.2 Å². The third-order valence-electron chi connectivity index (χ3n) is 4.90. The Labute approximate surface area is 162 Å². The summed E-state index contributed by atoms with van der Waals surface area (Å²) in [5.74, 6) is -0.0233. The molecule has 2 aliphatic heterocycles. The van der Waals surface area contributed by atoms with Gasteiger partial charge in [0.05, 0.1) is 11.4 Å². The van der Waals surface area contributed by atoms with Crippen molar-refractivity contribution in [2.24, 2.45) is 0 Å². The third-order valence-corrected chi connectivity index (χ3v) is 4.90. The van der Waals surface area contributed by atoms with E-state index < -0.39 is 0 Å². The molecule has 3 aromatic carbocycles. The SMILES string of the molecule is O=C1C(=Cc2cccc(C=C3Nc4ccccc4C3=O)c2)Nc2ccccc21. The second-order valence-corrected chi connectivity index (χ2v) is 6.79. The summed E-state index contributed by atoms with van der Waals surface area (Å²) in [6.45, 7) is 0. The molecule has 0 fully saturated rings. The van der Waals surface area contributed by atoms with Crippen LogP contribution in [0.1, 0.15) is 31.8 Å². The van der Waals surface area contributed by atoms with Crippen molar-refractivity contribution in [3.63, 3.8) is 0 Å². The van der Waals surface area contributed by atoms with Gasteiger partial charge in [-0.2, -0.15) is 0 Å². The first-order valence-corrected chi connectivity index (χ1v) is 9.04. The minimum atomic E-state index is -0.0116. The molecule has 0 unspecified atom stereocenters. The molecule has 134 valence electrons. The lowest BCUT2D eigenvalue weighted by Crippen LogP contribution is -2.00. The van der Waals surface area contributed by atoms with E-state index in [0.717, 1.165) is 22.5 Å². The molecule has 5 rings (SSSR count). The standard InChI is InChI=1S/C24H16N2O2/c27-23-17-8-1-3-10-19(17)25-21(23)13-15-6-5-7-16(12-15)14-22-24(28)18-9-2-4-11-20(18)26-22/h1-14,25-26H. The highest BCUT2D eigenvalue weighted by Crippen LogP contribution is 2.30. The summed E-state index contributed by atoms with van der Waals surface area (Å²) in [5.41, 5.74) is 5.91. The molecule has 28 heavy (non-hydrogen) atoms. The lowest BCUT2D eigenvalue weighted by atomic mass is 10.1. The van der Waals surface area contributed by atoms with Gasteiger partial charge in [0.25, 0.3) is 0 Å². The monoisotopic (exact) mass is 364 g/mol. The Bertz CT molecular complexity index is 1110. The van der Waals surface area contributed by atoms with Gasteiger partial charge in [-0.3, -0.25) is 9.59 Å². The molecular weight excluding hydrogens is 348 g/mol. The molecule has 0 saturated heterocycles. The van der Waals surface area contributed by atoms with E-state index in [0.29, 0.717) is 22.5 Å². The first-order chi connectivity index (χ1) is 13.7. The smallest absolute Gasteiger partial charge is 0.211 e. The van der Waals surface area contributed by atoms with Crippen LogP contribution in [-0.4, -0.2) is 11.6 Å². The van der Waals surface area contributed by atoms with Gasteiger partial charge >= 0.3 is 0 Å². The number of hydrogen-bond donors (Lipinski definition) is 2. The molecule has 0 saturated carbocycles. The molecule has 2 heterocycles. The van der Waals surface area contributed by atoms with Crippen molar-refractivity contribution in [1.82, 2.24) is 0 Å². The molecule has 0 aliphatic carbocycles. The minimum Gasteiger partial charge on any atom is -0.352 e. The van der Waals surface area contributed by atoms with Crippen molar-refractivity contribution in [2.45, 2.75) is 0 Å². The Morgan fingerprint density at radius 2 is 1.04 bits per heavy atom. The van der Waals surface area contributed by atoms with E-state index >= 15 is 0 Å². The molecule has 3 aromatic rings. The van der Waals surface area contributed by atoms with Crippen LogP contribution < -0.4 is 10.6 Å². The Kier molecular flexibility index (Phi) is 3.69. The van der Waals surface area contributed by atoms with Gasteiger partial charge in [0.2, 0.25) is 11.6 Å². The van der Waals surface area contributed by atoms with Gasteiger partial charge in [0.1, 0.15) is 0 Å². The normalized spacial score (nSPS) is 17.4. The van der Waals surface area contributed by atoms with E-state index in [-0.39, 0.29) is 11.6 Å². The number of carbonyl (C=O) groups is 2. The minimum absolute atomic E-state index is 0.0116. The van der Waals surface area contributed by atoms with Crippen LogP contribution in [0.5, 0.6) is 0 Å². The molecule has 0 radical (unpaired) electrons. The fourth-order valence-corrected chi connectivity index (χ4v) is 3.55. The highest BCUT2D eigenvalue weighted by atomic mass is 16.1. The molecule has 0 spiro atoms. The number of nitrogens with one attached hydrogen (secondary N) is 2. The van der Waals surface area contributed by atoms with Gasteiger partial charge in [-0.1, -0.05) is 42.5 Å². The fourth-order valence-electron chi connectivity index (χ4n) is 3.55. The van der Waals surface area contributed by atoms with E-state index in [1.807, 2.05) is 84.9 Å². The van der Waals surface area contributed by atoms with Gasteiger partial charge < -0.3 is 10.6 Å². The Morgan fingerprint density at radius 3 is 1.50 bits per heavy atom. The molecule has 4 heteroatoms. The van der Waals surface area contributed by atoms with Crippen molar-refractivity contribution >= 4 is 35.1 Å². The number of allylic oxidation sites excluding steroid dienone is 2. The molecule has 4 nitrogen and oxygen atoms in total. The summed E-state index contributed by atoms with van der Waals surface area (Å²) in [6.07, 6.45) is 3.67. The maximum atomic E-state index is 12.5. The van der Waals surface area contributed by atoms with Crippen LogP contribution in [0.3, 0.4) is 0 Å². The summed E-state index contributed by atoms with van der Waals surface area (Å²) in [4.78, 5) is 25.1. The molecular formula is C24H16N2O2. The number of rotatable bonds is 2. The molecule has 2 N–H and O–H groups in total. The van der Waals surface area contributed by atoms with Crippen molar-refractivity contribution < 1.29 is 9.59 Å². The number of hydrogen-bond acceptors (Lipinski definition) is 4. The quantitative estimate of drug-likeness (QED) is 0.629. The van der Waals surface area contributed by atoms with Crippen LogP contribution in [0.2, 0.25) is 0 Å². The fraction of sp³-hybridized carbons (Fsp3) is 0. The van der Waals surface area contributed by atoms with Crippen molar-refractivity contribution in [2.75, 3.05) is 10.6 Å². The predicted molar refractivity (Wildman–Crippen MR) is 111 cm³/mol. The zero-order chi connectivity index (χ0) is 19.1. The number of Topliss-reactive ketones (excluding diaryl/α,β-unsaturated/α-hetero) is 2. The van der Waals surface area contributed by atoms with Crippen LogP contribution in [-0.2, 0) is 0 Å². The van der Waals surface area contributed by atoms with Crippen molar-refractivity contribution in [1.29, 1.82) is 0 Å². The zero-order valence-electron chi connectivity index (χ0n) is 14.9. The Hall–Kier alpha value is -3.92. The summed E-state index contributed by atoms with van der Waals surface area (Å²) in [5, 5.41) is 6.35. The maximum Gasteiger partial charge on any atom is 0.211 e. The van der Waals surface area contributed by atoms with Crippen molar-refractivity contribution in [3.8, 4) is 0 Å². The van der Waals surface area contributed by atoms with Crippen LogP contribution in [0.4, 0.5) is 11.4 Å². The number of benzene rings is 3. The van der Waals surface area contributed by atoms with Crippen LogP contribution in [0.25, 0.3) is 12.2 Å². The van der Waals surface area contributed by atoms with E-state index in [4.69, 9.17) is 0 Å². The highest BCUT2D eigenvalue weighted by Gasteiger charge is 2.24. The second-order valence-electron chi connectivity index (χ2n) is 6.79. The first-order valence-electron chi connectivity index (χ1n) is 9.04. The van der Waals surface area contributed by atoms with Gasteiger partial charge in [-0.25, -0.2) is 0 Å². The lowest BCUT2D eigenvalue weighted by molar-refractivity contribution is 0.103. The topological polar surface area (TPSA) is 58.2 Å². The van der Waals surface area contributed by atoms with Crippen LogP contribution in [0, 0.1) is 0 Å². The molecule has 0 atom stereocenters. The molecule has 0 amide bonds. The van der Waals surface area contributed by atoms with E-state index in [1.54, 1.807) is 0 Å². The molecule has 0 bridgehead atoms. The second kappa shape index (κ2) is 6.35. The predicted octanol–water partition coefficient (Wildman–Crippen LogP) is 4.99. The number of anilines is 2. The zero-order valence-corrected chi connectivity index (χ0v) is 14.9. The third kappa shape index (κ3) is 2.72. The summed E-state index contributed by atoms with van der Waals surface area (Å²) < 4.78 is 0. The van der Waals surface area contributed by atoms with E-state index in [9.17, 15) is 9.59 Å². The number of carbonyl (C=O) groups excluding carboxylic acids is 2. The van der Waals surface area contributed by atoms with E-state index in [2.05, 4.69) is 10.6 Å². The van der Waals surface area contributed by atoms with E-state index in [1.165, 1.54) is 0 Å². The number of fused-ring (bicyclic) bond motifs is 2. The van der Waals surface area contributed by atoms with Gasteiger partial charge in [0, 0.05) is 22.5 Å². The average molecular weight is 364 g/mol. The number of ketones is 2. The summed E-state index contributed by atoms with van der Waals surface area (Å²) in [6, 6.07) is 22.7. The Balaban J connectivity index is 1.44.